The molecule has 0 aromatic heterocycles. The highest BCUT2D eigenvalue weighted by Crippen LogP contribution is 2.17. The second kappa shape index (κ2) is 7.53. The lowest BCUT2D eigenvalue weighted by atomic mass is 10.0. The molecular formula is C16H23FN2O. The summed E-state index contributed by atoms with van der Waals surface area (Å²) in [5, 5.41) is 0. The zero-order chi connectivity index (χ0) is 14.4. The Bertz CT molecular complexity index is 433. The van der Waals surface area contributed by atoms with Crippen molar-refractivity contribution in [1.29, 1.82) is 0 Å². The van der Waals surface area contributed by atoms with E-state index in [1.165, 1.54) is 12.1 Å². The van der Waals surface area contributed by atoms with Crippen molar-refractivity contribution in [2.75, 3.05) is 26.7 Å². The van der Waals surface area contributed by atoms with Crippen molar-refractivity contribution in [2.24, 2.45) is 5.73 Å². The van der Waals surface area contributed by atoms with Gasteiger partial charge in [-0.3, -0.25) is 4.90 Å². The Morgan fingerprint density at radius 2 is 2.15 bits per heavy atom. The van der Waals surface area contributed by atoms with Crippen LogP contribution in [0.5, 0.6) is 0 Å². The first-order chi connectivity index (χ1) is 9.69. The molecule has 0 amide bonds. The number of hydrogen-bond donors (Lipinski definition) is 1. The molecular weight excluding hydrogens is 255 g/mol. The van der Waals surface area contributed by atoms with E-state index in [4.69, 9.17) is 10.5 Å². The van der Waals surface area contributed by atoms with Gasteiger partial charge in [0.15, 0.2) is 0 Å². The average Bonchev–Trinajstić information content (AvgIpc) is 2.48. The predicted octanol–water partition coefficient (Wildman–Crippen LogP) is 2.49. The fraction of sp³-hybridized carbons (Fsp3) is 0.500. The smallest absolute Gasteiger partial charge is 0.123 e. The Morgan fingerprint density at radius 3 is 2.85 bits per heavy atom. The van der Waals surface area contributed by atoms with Crippen molar-refractivity contribution in [3.05, 3.63) is 47.8 Å². The van der Waals surface area contributed by atoms with E-state index in [2.05, 4.69) is 17.1 Å². The van der Waals surface area contributed by atoms with E-state index in [1.807, 2.05) is 0 Å². The molecule has 4 heteroatoms. The van der Waals surface area contributed by atoms with Crippen molar-refractivity contribution in [3.63, 3.8) is 0 Å². The Hall–Kier alpha value is -1.23. The Morgan fingerprint density at radius 1 is 1.40 bits per heavy atom. The molecule has 0 saturated carbocycles. The third-order valence-corrected chi connectivity index (χ3v) is 3.74. The first kappa shape index (κ1) is 15.2. The number of ether oxygens (including phenoxy) is 1. The summed E-state index contributed by atoms with van der Waals surface area (Å²) in [6.07, 6.45) is 6.40. The molecule has 0 saturated heterocycles. The monoisotopic (exact) mass is 278 g/mol. The molecule has 0 aliphatic carbocycles. The largest absolute Gasteiger partial charge is 0.376 e. The SMILES string of the molecule is COC1C=CCN(CCCC(N)c2ccc(F)cc2)C1. The van der Waals surface area contributed by atoms with Crippen LogP contribution in [0.15, 0.2) is 36.4 Å². The predicted molar refractivity (Wildman–Crippen MR) is 78.9 cm³/mol. The van der Waals surface area contributed by atoms with E-state index in [1.54, 1.807) is 19.2 Å². The number of methoxy groups -OCH3 is 1. The highest BCUT2D eigenvalue weighted by atomic mass is 19.1. The van der Waals surface area contributed by atoms with Crippen LogP contribution >= 0.6 is 0 Å². The first-order valence-electron chi connectivity index (χ1n) is 7.12. The second-order valence-corrected chi connectivity index (χ2v) is 5.26. The average molecular weight is 278 g/mol. The quantitative estimate of drug-likeness (QED) is 0.813. The fourth-order valence-corrected chi connectivity index (χ4v) is 2.50. The van der Waals surface area contributed by atoms with Crippen molar-refractivity contribution < 1.29 is 9.13 Å². The Kier molecular flexibility index (Phi) is 5.71. The molecule has 0 fully saturated rings. The molecule has 0 radical (unpaired) electrons. The summed E-state index contributed by atoms with van der Waals surface area (Å²) in [7, 11) is 1.74. The molecule has 1 aromatic rings. The van der Waals surface area contributed by atoms with Crippen LogP contribution in [-0.4, -0.2) is 37.7 Å². The van der Waals surface area contributed by atoms with Crippen LogP contribution in [0.25, 0.3) is 0 Å². The summed E-state index contributed by atoms with van der Waals surface area (Å²) in [5.74, 6) is -0.216. The molecule has 1 aliphatic heterocycles. The van der Waals surface area contributed by atoms with Crippen LogP contribution in [0.2, 0.25) is 0 Å². The minimum atomic E-state index is -0.216. The maximum Gasteiger partial charge on any atom is 0.123 e. The maximum atomic E-state index is 12.8. The van der Waals surface area contributed by atoms with Crippen LogP contribution in [0.3, 0.4) is 0 Å². The van der Waals surface area contributed by atoms with Gasteiger partial charge in [-0.25, -0.2) is 4.39 Å². The fourth-order valence-electron chi connectivity index (χ4n) is 2.50. The second-order valence-electron chi connectivity index (χ2n) is 5.26. The molecule has 1 aliphatic rings. The molecule has 3 nitrogen and oxygen atoms in total. The maximum absolute atomic E-state index is 12.8. The van der Waals surface area contributed by atoms with E-state index >= 15 is 0 Å². The zero-order valence-electron chi connectivity index (χ0n) is 12.0. The normalized spacial score (nSPS) is 21.1. The number of hydrogen-bond acceptors (Lipinski definition) is 3. The third kappa shape index (κ3) is 4.40. The molecule has 2 atom stereocenters. The first-order valence-corrected chi connectivity index (χ1v) is 7.12. The van der Waals surface area contributed by atoms with Gasteiger partial charge in [-0.1, -0.05) is 24.3 Å². The van der Waals surface area contributed by atoms with Gasteiger partial charge in [-0.2, -0.15) is 0 Å². The molecule has 2 N–H and O–H groups in total. The van der Waals surface area contributed by atoms with Gasteiger partial charge in [0.05, 0.1) is 6.10 Å². The van der Waals surface area contributed by atoms with Crippen molar-refractivity contribution >= 4 is 0 Å². The Balaban J connectivity index is 1.73. The van der Waals surface area contributed by atoms with Gasteiger partial charge in [0.1, 0.15) is 5.82 Å². The van der Waals surface area contributed by atoms with Crippen LogP contribution in [0.4, 0.5) is 4.39 Å². The molecule has 2 unspecified atom stereocenters. The highest BCUT2D eigenvalue weighted by molar-refractivity contribution is 5.19. The van der Waals surface area contributed by atoms with E-state index < -0.39 is 0 Å². The van der Waals surface area contributed by atoms with Crippen LogP contribution in [0, 0.1) is 5.82 Å². The summed E-state index contributed by atoms with van der Waals surface area (Å²) in [6, 6.07) is 6.45. The lowest BCUT2D eigenvalue weighted by Gasteiger charge is -2.28. The summed E-state index contributed by atoms with van der Waals surface area (Å²) < 4.78 is 18.2. The van der Waals surface area contributed by atoms with Crippen molar-refractivity contribution in [3.8, 4) is 0 Å². The molecule has 0 spiro atoms. The number of benzene rings is 1. The van der Waals surface area contributed by atoms with E-state index in [9.17, 15) is 4.39 Å². The Labute approximate surface area is 120 Å². The highest BCUT2D eigenvalue weighted by Gasteiger charge is 2.14. The van der Waals surface area contributed by atoms with Gasteiger partial charge in [0.2, 0.25) is 0 Å². The summed E-state index contributed by atoms with van der Waals surface area (Å²) in [5.41, 5.74) is 7.13. The minimum absolute atomic E-state index is 0.0193. The third-order valence-electron chi connectivity index (χ3n) is 3.74. The zero-order valence-corrected chi connectivity index (χ0v) is 12.0. The molecule has 110 valence electrons. The van der Waals surface area contributed by atoms with E-state index in [0.29, 0.717) is 0 Å². The van der Waals surface area contributed by atoms with Crippen molar-refractivity contribution in [2.45, 2.75) is 25.0 Å². The molecule has 0 bridgehead atoms. The lowest BCUT2D eigenvalue weighted by Crippen LogP contribution is -2.36. The van der Waals surface area contributed by atoms with E-state index in [-0.39, 0.29) is 18.0 Å². The molecule has 2 rings (SSSR count). The lowest BCUT2D eigenvalue weighted by molar-refractivity contribution is 0.0921. The molecule has 1 heterocycles. The van der Waals surface area contributed by atoms with Gasteiger partial charge in [-0.15, -0.1) is 0 Å². The van der Waals surface area contributed by atoms with Crippen LogP contribution in [0.1, 0.15) is 24.4 Å². The number of nitrogens with zero attached hydrogens (tertiary/aromatic N) is 1. The van der Waals surface area contributed by atoms with E-state index in [0.717, 1.165) is 38.0 Å². The topological polar surface area (TPSA) is 38.5 Å². The van der Waals surface area contributed by atoms with Gasteiger partial charge >= 0.3 is 0 Å². The van der Waals surface area contributed by atoms with Gasteiger partial charge in [0, 0.05) is 26.2 Å². The molecule has 1 aromatic carbocycles. The van der Waals surface area contributed by atoms with Crippen molar-refractivity contribution in [1.82, 2.24) is 4.90 Å². The summed E-state index contributed by atoms with van der Waals surface area (Å²) in [4.78, 5) is 2.37. The van der Waals surface area contributed by atoms with Gasteiger partial charge in [-0.05, 0) is 37.1 Å². The minimum Gasteiger partial charge on any atom is -0.376 e. The standard InChI is InChI=1S/C16H23FN2O/c1-20-15-4-2-10-19(12-15)11-3-5-16(18)13-6-8-14(17)9-7-13/h2,4,6-9,15-16H,3,5,10-12,18H2,1H3. The number of nitrogens with two attached hydrogens (primary N) is 1. The summed E-state index contributed by atoms with van der Waals surface area (Å²) in [6.45, 7) is 2.93. The summed E-state index contributed by atoms with van der Waals surface area (Å²) >= 11 is 0. The van der Waals surface area contributed by atoms with Crippen LogP contribution in [-0.2, 0) is 4.74 Å². The molecule has 20 heavy (non-hydrogen) atoms. The number of rotatable bonds is 6. The van der Waals surface area contributed by atoms with Gasteiger partial charge < -0.3 is 10.5 Å². The van der Waals surface area contributed by atoms with Crippen LogP contribution < -0.4 is 5.73 Å². The number of halogens is 1. The van der Waals surface area contributed by atoms with Gasteiger partial charge in [0.25, 0.3) is 0 Å².